The first-order valence-electron chi connectivity index (χ1n) is 6.44. The predicted molar refractivity (Wildman–Crippen MR) is 71.5 cm³/mol. The highest BCUT2D eigenvalue weighted by Gasteiger charge is 2.19. The largest absolute Gasteiger partial charge is 0.344 e. The first kappa shape index (κ1) is 15.2. The Bertz CT molecular complexity index is 406. The van der Waals surface area contributed by atoms with Gasteiger partial charge in [0.05, 0.1) is 6.42 Å². The zero-order chi connectivity index (χ0) is 14.1. The lowest BCUT2D eigenvalue weighted by molar-refractivity contribution is -0.134. The zero-order valence-corrected chi connectivity index (χ0v) is 11.1. The molecule has 1 atom stereocenters. The predicted octanol–water partition coefficient (Wildman–Crippen LogP) is 1.41. The van der Waals surface area contributed by atoms with E-state index in [4.69, 9.17) is 5.21 Å². The number of hydroxylamine groups is 1. The molecule has 0 aliphatic rings. The molecule has 0 fully saturated rings. The van der Waals surface area contributed by atoms with Crippen LogP contribution in [0.25, 0.3) is 0 Å². The van der Waals surface area contributed by atoms with E-state index >= 15 is 0 Å². The first-order chi connectivity index (χ1) is 9.17. The van der Waals surface area contributed by atoms with Gasteiger partial charge in [0.25, 0.3) is 5.91 Å². The molecule has 3 N–H and O–H groups in total. The molecular formula is C14H20N2O3. The van der Waals surface area contributed by atoms with Gasteiger partial charge in [0.15, 0.2) is 0 Å². The topological polar surface area (TPSA) is 78.4 Å². The van der Waals surface area contributed by atoms with Crippen LogP contribution in [0.1, 0.15) is 31.7 Å². The quantitative estimate of drug-likeness (QED) is 0.514. The molecule has 0 heterocycles. The number of unbranched alkanes of at least 4 members (excludes halogenated alkanes) is 1. The number of hydrogen-bond donors (Lipinski definition) is 3. The lowest BCUT2D eigenvalue weighted by Gasteiger charge is -2.16. The average Bonchev–Trinajstić information content (AvgIpc) is 2.43. The van der Waals surface area contributed by atoms with Crippen molar-refractivity contribution in [3.8, 4) is 0 Å². The van der Waals surface area contributed by atoms with Gasteiger partial charge in [0, 0.05) is 0 Å². The molecule has 19 heavy (non-hydrogen) atoms. The van der Waals surface area contributed by atoms with E-state index in [0.29, 0.717) is 6.42 Å². The summed E-state index contributed by atoms with van der Waals surface area (Å²) in [4.78, 5) is 23.3. The molecule has 1 unspecified atom stereocenters. The summed E-state index contributed by atoms with van der Waals surface area (Å²) in [6, 6.07) is 8.63. The van der Waals surface area contributed by atoms with Crippen molar-refractivity contribution in [3.63, 3.8) is 0 Å². The van der Waals surface area contributed by atoms with Crippen LogP contribution in [0.5, 0.6) is 0 Å². The molecule has 0 aliphatic carbocycles. The standard InChI is InChI=1S/C14H20N2O3/c1-2-3-9-12(14(18)16-19)15-13(17)10-11-7-5-4-6-8-11/h4-8,12,19H,2-3,9-10H2,1H3,(H,15,17)(H,16,18). The van der Waals surface area contributed by atoms with Crippen LogP contribution in [-0.2, 0) is 16.0 Å². The number of amides is 2. The molecule has 1 rings (SSSR count). The van der Waals surface area contributed by atoms with Gasteiger partial charge in [-0.1, -0.05) is 50.1 Å². The summed E-state index contributed by atoms with van der Waals surface area (Å²) in [6.45, 7) is 2.00. The third-order valence-electron chi connectivity index (χ3n) is 2.82. The van der Waals surface area contributed by atoms with Crippen LogP contribution in [-0.4, -0.2) is 23.1 Å². The first-order valence-corrected chi connectivity index (χ1v) is 6.44. The number of carbonyl (C=O) groups is 2. The fraction of sp³-hybridized carbons (Fsp3) is 0.429. The van der Waals surface area contributed by atoms with Crippen LogP contribution in [0.4, 0.5) is 0 Å². The van der Waals surface area contributed by atoms with Crippen molar-refractivity contribution in [1.29, 1.82) is 0 Å². The number of carbonyl (C=O) groups excluding carboxylic acids is 2. The molecule has 1 aromatic rings. The molecule has 0 saturated heterocycles. The molecular weight excluding hydrogens is 244 g/mol. The fourth-order valence-electron chi connectivity index (χ4n) is 1.78. The lowest BCUT2D eigenvalue weighted by atomic mass is 10.1. The van der Waals surface area contributed by atoms with Gasteiger partial charge >= 0.3 is 0 Å². The van der Waals surface area contributed by atoms with Gasteiger partial charge in [0.2, 0.25) is 5.91 Å². The molecule has 1 aromatic carbocycles. The normalized spacial score (nSPS) is 11.7. The second-order valence-electron chi connectivity index (χ2n) is 4.40. The lowest BCUT2D eigenvalue weighted by Crippen LogP contribution is -2.46. The Morgan fingerprint density at radius 1 is 1.26 bits per heavy atom. The average molecular weight is 264 g/mol. The molecule has 0 aromatic heterocycles. The van der Waals surface area contributed by atoms with Crippen LogP contribution in [0.3, 0.4) is 0 Å². The van der Waals surface area contributed by atoms with Gasteiger partial charge in [-0.25, -0.2) is 5.48 Å². The van der Waals surface area contributed by atoms with Crippen molar-refractivity contribution >= 4 is 11.8 Å². The van der Waals surface area contributed by atoms with Crippen molar-refractivity contribution in [2.24, 2.45) is 0 Å². The third-order valence-corrected chi connectivity index (χ3v) is 2.82. The summed E-state index contributed by atoms with van der Waals surface area (Å²) in [5, 5.41) is 11.3. The van der Waals surface area contributed by atoms with Crippen molar-refractivity contribution in [1.82, 2.24) is 10.8 Å². The Kier molecular flexibility index (Phi) is 6.60. The molecule has 0 radical (unpaired) electrons. The molecule has 0 bridgehead atoms. The van der Waals surface area contributed by atoms with Crippen LogP contribution in [0, 0.1) is 0 Å². The Morgan fingerprint density at radius 3 is 2.53 bits per heavy atom. The molecule has 2 amide bonds. The molecule has 0 spiro atoms. The molecule has 104 valence electrons. The van der Waals surface area contributed by atoms with Crippen molar-refractivity contribution in [2.45, 2.75) is 38.6 Å². The van der Waals surface area contributed by atoms with E-state index in [-0.39, 0.29) is 12.3 Å². The molecule has 5 nitrogen and oxygen atoms in total. The van der Waals surface area contributed by atoms with Gasteiger partial charge in [-0.15, -0.1) is 0 Å². The minimum Gasteiger partial charge on any atom is -0.344 e. The maximum atomic E-state index is 11.8. The summed E-state index contributed by atoms with van der Waals surface area (Å²) >= 11 is 0. The zero-order valence-electron chi connectivity index (χ0n) is 11.1. The second-order valence-corrected chi connectivity index (χ2v) is 4.40. The monoisotopic (exact) mass is 264 g/mol. The van der Waals surface area contributed by atoms with E-state index in [0.717, 1.165) is 18.4 Å². The number of rotatable bonds is 7. The van der Waals surface area contributed by atoms with Gasteiger partial charge in [-0.3, -0.25) is 14.8 Å². The van der Waals surface area contributed by atoms with E-state index in [2.05, 4.69) is 5.32 Å². The minimum atomic E-state index is -0.679. The third kappa shape index (κ3) is 5.52. The second kappa shape index (κ2) is 8.26. The summed E-state index contributed by atoms with van der Waals surface area (Å²) in [5.41, 5.74) is 2.48. The van der Waals surface area contributed by atoms with E-state index in [1.807, 2.05) is 37.3 Å². The fourth-order valence-corrected chi connectivity index (χ4v) is 1.78. The highest BCUT2D eigenvalue weighted by atomic mass is 16.5. The number of hydrogen-bond acceptors (Lipinski definition) is 3. The van der Waals surface area contributed by atoms with Gasteiger partial charge in [-0.2, -0.15) is 0 Å². The highest BCUT2D eigenvalue weighted by Crippen LogP contribution is 2.03. The van der Waals surface area contributed by atoms with E-state index in [1.54, 1.807) is 5.48 Å². The summed E-state index contributed by atoms with van der Waals surface area (Å²) in [7, 11) is 0. The molecule has 0 saturated carbocycles. The van der Waals surface area contributed by atoms with E-state index in [9.17, 15) is 9.59 Å². The Balaban J connectivity index is 2.53. The minimum absolute atomic E-state index is 0.224. The maximum absolute atomic E-state index is 11.8. The summed E-state index contributed by atoms with van der Waals surface area (Å²) in [6.07, 6.45) is 2.47. The number of nitrogens with one attached hydrogen (secondary N) is 2. The molecule has 5 heteroatoms. The SMILES string of the molecule is CCCCC(NC(=O)Cc1ccccc1)C(=O)NO. The van der Waals surface area contributed by atoms with Crippen LogP contribution in [0.2, 0.25) is 0 Å². The Hall–Kier alpha value is -1.88. The highest BCUT2D eigenvalue weighted by molar-refractivity contribution is 5.87. The van der Waals surface area contributed by atoms with Gasteiger partial charge in [-0.05, 0) is 12.0 Å². The van der Waals surface area contributed by atoms with Crippen LogP contribution in [0.15, 0.2) is 30.3 Å². The number of benzene rings is 1. The van der Waals surface area contributed by atoms with E-state index in [1.165, 1.54) is 0 Å². The van der Waals surface area contributed by atoms with Crippen LogP contribution < -0.4 is 10.8 Å². The Morgan fingerprint density at radius 2 is 1.95 bits per heavy atom. The smallest absolute Gasteiger partial charge is 0.265 e. The van der Waals surface area contributed by atoms with Crippen molar-refractivity contribution in [2.75, 3.05) is 0 Å². The van der Waals surface area contributed by atoms with Crippen molar-refractivity contribution in [3.05, 3.63) is 35.9 Å². The maximum Gasteiger partial charge on any atom is 0.265 e. The van der Waals surface area contributed by atoms with E-state index < -0.39 is 11.9 Å². The molecule has 0 aliphatic heterocycles. The van der Waals surface area contributed by atoms with Crippen molar-refractivity contribution < 1.29 is 14.8 Å². The summed E-state index contributed by atoms with van der Waals surface area (Å²) < 4.78 is 0. The van der Waals surface area contributed by atoms with Gasteiger partial charge in [0.1, 0.15) is 6.04 Å². The van der Waals surface area contributed by atoms with Crippen LogP contribution >= 0.6 is 0 Å². The Labute approximate surface area is 113 Å². The summed E-state index contributed by atoms with van der Waals surface area (Å²) in [5.74, 6) is -0.800. The van der Waals surface area contributed by atoms with Gasteiger partial charge < -0.3 is 5.32 Å².